The highest BCUT2D eigenvalue weighted by Crippen LogP contribution is 2.24. The van der Waals surface area contributed by atoms with Crippen LogP contribution in [0.5, 0.6) is 5.75 Å². The van der Waals surface area contributed by atoms with Crippen LogP contribution >= 0.6 is 15.9 Å². The first-order chi connectivity index (χ1) is 13.0. The maximum absolute atomic E-state index is 12.2. The monoisotopic (exact) mass is 430 g/mol. The third kappa shape index (κ3) is 4.35. The topological polar surface area (TPSA) is 97.6 Å². The number of amides is 2. The lowest BCUT2D eigenvalue weighted by Gasteiger charge is -2.15. The molecule has 0 fully saturated rings. The summed E-state index contributed by atoms with van der Waals surface area (Å²) in [5.41, 5.74) is 3.80. The van der Waals surface area contributed by atoms with Gasteiger partial charge in [0.05, 0.1) is 4.47 Å². The number of halogens is 1. The first-order valence-electron chi connectivity index (χ1n) is 8.00. The molecule has 0 aliphatic heterocycles. The van der Waals surface area contributed by atoms with Gasteiger partial charge in [-0.2, -0.15) is 0 Å². The van der Waals surface area contributed by atoms with E-state index in [4.69, 9.17) is 9.15 Å². The number of ether oxygens (including phenoxy) is 1. The maximum atomic E-state index is 12.2. The predicted octanol–water partition coefficient (Wildman–Crippen LogP) is 2.78. The largest absolute Gasteiger partial charge is 0.480 e. The molecule has 1 aromatic heterocycles. The standard InChI is InChI=1S/C19H15BrN2O5/c1-11(26-16-9-5-3-7-14(16)20)17(23)21-22-18(24)13-10-12-6-2-4-8-15(12)27-19(13)25/h2-11H,1H3,(H,21,23)(H,22,24)/t11-/m1/s1. The molecule has 2 aromatic carbocycles. The zero-order valence-electron chi connectivity index (χ0n) is 14.2. The molecule has 0 spiro atoms. The van der Waals surface area contributed by atoms with Gasteiger partial charge in [0, 0.05) is 5.39 Å². The Hall–Kier alpha value is -3.13. The van der Waals surface area contributed by atoms with Crippen LogP contribution in [0.25, 0.3) is 11.0 Å². The Morgan fingerprint density at radius 3 is 2.56 bits per heavy atom. The van der Waals surface area contributed by atoms with Gasteiger partial charge in [-0.25, -0.2) is 4.79 Å². The second-order valence-electron chi connectivity index (χ2n) is 5.62. The summed E-state index contributed by atoms with van der Waals surface area (Å²) in [4.78, 5) is 36.3. The van der Waals surface area contributed by atoms with E-state index in [-0.39, 0.29) is 5.56 Å². The molecule has 0 radical (unpaired) electrons. The van der Waals surface area contributed by atoms with Gasteiger partial charge in [-0.1, -0.05) is 30.3 Å². The van der Waals surface area contributed by atoms with Gasteiger partial charge in [-0.05, 0) is 47.1 Å². The molecule has 0 saturated carbocycles. The number of hydrogen-bond acceptors (Lipinski definition) is 5. The summed E-state index contributed by atoms with van der Waals surface area (Å²) < 4.78 is 11.3. The summed E-state index contributed by atoms with van der Waals surface area (Å²) in [6.07, 6.45) is -0.878. The molecular weight excluding hydrogens is 416 g/mol. The van der Waals surface area contributed by atoms with Gasteiger partial charge in [0.25, 0.3) is 11.8 Å². The molecule has 2 N–H and O–H groups in total. The zero-order chi connectivity index (χ0) is 19.4. The smallest absolute Gasteiger partial charge is 0.349 e. The SMILES string of the molecule is C[C@@H](Oc1ccccc1Br)C(=O)NNC(=O)c1cc2ccccc2oc1=O. The Morgan fingerprint density at radius 2 is 1.78 bits per heavy atom. The number of rotatable bonds is 4. The number of benzene rings is 2. The van der Waals surface area contributed by atoms with Crippen molar-refractivity contribution in [3.05, 3.63) is 75.1 Å². The molecule has 0 aliphatic carbocycles. The number of nitrogens with one attached hydrogen (secondary N) is 2. The van der Waals surface area contributed by atoms with Crippen LogP contribution in [0.2, 0.25) is 0 Å². The fourth-order valence-electron chi connectivity index (χ4n) is 2.29. The molecule has 0 aliphatic rings. The Balaban J connectivity index is 1.65. The predicted molar refractivity (Wildman–Crippen MR) is 102 cm³/mol. The molecule has 1 heterocycles. The molecule has 138 valence electrons. The maximum Gasteiger partial charge on any atom is 0.349 e. The van der Waals surface area contributed by atoms with Crippen molar-refractivity contribution in [1.82, 2.24) is 10.9 Å². The van der Waals surface area contributed by atoms with Crippen molar-refractivity contribution in [3.8, 4) is 5.75 Å². The number of carbonyl (C=O) groups excluding carboxylic acids is 2. The molecule has 3 aromatic rings. The number of hydrogen-bond donors (Lipinski definition) is 2. The Labute approximate surface area is 162 Å². The molecule has 27 heavy (non-hydrogen) atoms. The molecule has 3 rings (SSSR count). The molecule has 1 atom stereocenters. The van der Waals surface area contributed by atoms with Gasteiger partial charge in [-0.3, -0.25) is 20.4 Å². The lowest BCUT2D eigenvalue weighted by molar-refractivity contribution is -0.128. The van der Waals surface area contributed by atoms with Crippen molar-refractivity contribution in [3.63, 3.8) is 0 Å². The number of para-hydroxylation sites is 2. The highest BCUT2D eigenvalue weighted by molar-refractivity contribution is 9.10. The van der Waals surface area contributed by atoms with Crippen LogP contribution in [0.3, 0.4) is 0 Å². The minimum absolute atomic E-state index is 0.214. The van der Waals surface area contributed by atoms with E-state index < -0.39 is 23.5 Å². The van der Waals surface area contributed by atoms with E-state index >= 15 is 0 Å². The minimum atomic E-state index is -0.878. The van der Waals surface area contributed by atoms with Crippen LogP contribution in [0, 0.1) is 0 Å². The fraction of sp³-hybridized carbons (Fsp3) is 0.105. The normalized spacial score (nSPS) is 11.6. The summed E-state index contributed by atoms with van der Waals surface area (Å²) in [6.45, 7) is 1.53. The molecule has 8 heteroatoms. The van der Waals surface area contributed by atoms with Gasteiger partial charge >= 0.3 is 5.63 Å². The van der Waals surface area contributed by atoms with E-state index in [9.17, 15) is 14.4 Å². The summed E-state index contributed by atoms with van der Waals surface area (Å²) in [6, 6.07) is 15.3. The average molecular weight is 431 g/mol. The van der Waals surface area contributed by atoms with Crippen molar-refractivity contribution in [2.24, 2.45) is 0 Å². The Morgan fingerprint density at radius 1 is 1.07 bits per heavy atom. The lowest BCUT2D eigenvalue weighted by Crippen LogP contribution is -2.48. The van der Waals surface area contributed by atoms with Crippen LogP contribution in [0.4, 0.5) is 0 Å². The van der Waals surface area contributed by atoms with E-state index in [2.05, 4.69) is 26.8 Å². The van der Waals surface area contributed by atoms with Gasteiger partial charge in [-0.15, -0.1) is 0 Å². The third-order valence-electron chi connectivity index (χ3n) is 3.69. The third-order valence-corrected chi connectivity index (χ3v) is 4.35. The molecule has 0 saturated heterocycles. The summed E-state index contributed by atoms with van der Waals surface area (Å²) in [5.74, 6) is -0.873. The number of hydrazine groups is 1. The second-order valence-corrected chi connectivity index (χ2v) is 6.47. The second kappa shape index (κ2) is 8.05. The van der Waals surface area contributed by atoms with E-state index in [1.807, 2.05) is 6.07 Å². The molecule has 0 unspecified atom stereocenters. The van der Waals surface area contributed by atoms with Gasteiger partial charge in [0.1, 0.15) is 16.9 Å². The van der Waals surface area contributed by atoms with Crippen LogP contribution < -0.4 is 21.2 Å². The zero-order valence-corrected chi connectivity index (χ0v) is 15.8. The van der Waals surface area contributed by atoms with Crippen molar-refractivity contribution >= 4 is 38.7 Å². The van der Waals surface area contributed by atoms with Crippen LogP contribution in [0.1, 0.15) is 17.3 Å². The van der Waals surface area contributed by atoms with Gasteiger partial charge < -0.3 is 9.15 Å². The quantitative estimate of drug-likeness (QED) is 0.489. The van der Waals surface area contributed by atoms with Gasteiger partial charge in [0.15, 0.2) is 6.10 Å². The molecule has 2 amide bonds. The van der Waals surface area contributed by atoms with E-state index in [0.29, 0.717) is 21.2 Å². The Bertz CT molecular complexity index is 1060. The summed E-state index contributed by atoms with van der Waals surface area (Å²) >= 11 is 3.32. The van der Waals surface area contributed by atoms with E-state index in [1.54, 1.807) is 42.5 Å². The summed E-state index contributed by atoms with van der Waals surface area (Å²) in [5, 5.41) is 0.596. The average Bonchev–Trinajstić information content (AvgIpc) is 2.67. The van der Waals surface area contributed by atoms with Crippen LogP contribution in [-0.4, -0.2) is 17.9 Å². The highest BCUT2D eigenvalue weighted by atomic mass is 79.9. The molecular formula is C19H15BrN2O5. The first-order valence-corrected chi connectivity index (χ1v) is 8.79. The minimum Gasteiger partial charge on any atom is -0.480 e. The van der Waals surface area contributed by atoms with Crippen molar-refractivity contribution in [2.45, 2.75) is 13.0 Å². The van der Waals surface area contributed by atoms with Crippen molar-refractivity contribution in [1.29, 1.82) is 0 Å². The number of carbonyl (C=O) groups is 2. The van der Waals surface area contributed by atoms with Crippen molar-refractivity contribution in [2.75, 3.05) is 0 Å². The summed E-state index contributed by atoms with van der Waals surface area (Å²) in [7, 11) is 0. The van der Waals surface area contributed by atoms with Crippen LogP contribution in [-0.2, 0) is 4.79 Å². The lowest BCUT2D eigenvalue weighted by atomic mass is 10.2. The fourth-order valence-corrected chi connectivity index (χ4v) is 2.67. The molecule has 0 bridgehead atoms. The van der Waals surface area contributed by atoms with E-state index in [0.717, 1.165) is 0 Å². The Kier molecular flexibility index (Phi) is 5.56. The molecule has 7 nitrogen and oxygen atoms in total. The van der Waals surface area contributed by atoms with Crippen molar-refractivity contribution < 1.29 is 18.7 Å². The van der Waals surface area contributed by atoms with E-state index in [1.165, 1.54) is 13.0 Å². The highest BCUT2D eigenvalue weighted by Gasteiger charge is 2.18. The van der Waals surface area contributed by atoms with Gasteiger partial charge in [0.2, 0.25) is 0 Å². The first kappa shape index (κ1) is 18.7. The van der Waals surface area contributed by atoms with Crippen LogP contribution in [0.15, 0.2) is 68.3 Å². The number of fused-ring (bicyclic) bond motifs is 1.